The Morgan fingerprint density at radius 2 is 2.17 bits per heavy atom. The average molecular weight is 253 g/mol. The second-order valence-electron chi connectivity index (χ2n) is 3.69. The Morgan fingerprint density at radius 3 is 2.83 bits per heavy atom. The Labute approximate surface area is 101 Å². The van der Waals surface area contributed by atoms with Gasteiger partial charge in [-0.1, -0.05) is 0 Å². The van der Waals surface area contributed by atoms with Crippen LogP contribution in [0, 0.1) is 11.6 Å². The number of ether oxygens (including phenoxy) is 1. The molecule has 1 aromatic carbocycles. The van der Waals surface area contributed by atoms with Gasteiger partial charge in [0.05, 0.1) is 0 Å². The van der Waals surface area contributed by atoms with Gasteiger partial charge in [0, 0.05) is 17.6 Å². The molecule has 1 aromatic heterocycles. The quantitative estimate of drug-likeness (QED) is 0.912. The number of carboxylic acid groups (broad SMARTS) is 1. The van der Waals surface area contributed by atoms with Gasteiger partial charge in [-0.2, -0.15) is 0 Å². The van der Waals surface area contributed by atoms with Crippen molar-refractivity contribution in [1.82, 2.24) is 4.98 Å². The molecule has 0 aliphatic rings. The third-order valence-corrected chi connectivity index (χ3v) is 2.37. The zero-order chi connectivity index (χ0) is 13.3. The van der Waals surface area contributed by atoms with Gasteiger partial charge in [-0.05, 0) is 19.1 Å². The molecule has 0 saturated carbocycles. The van der Waals surface area contributed by atoms with Crippen LogP contribution in [-0.4, -0.2) is 22.2 Å². The second kappa shape index (κ2) is 4.56. The fraction of sp³-hybridized carbons (Fsp3) is 0.167. The zero-order valence-electron chi connectivity index (χ0n) is 9.35. The molecule has 1 heterocycles. The van der Waals surface area contributed by atoms with Crippen LogP contribution in [0.2, 0.25) is 0 Å². The number of aromatic nitrogens is 1. The van der Waals surface area contributed by atoms with E-state index in [4.69, 9.17) is 9.84 Å². The van der Waals surface area contributed by atoms with Crippen LogP contribution in [0.1, 0.15) is 6.92 Å². The van der Waals surface area contributed by atoms with Crippen molar-refractivity contribution in [2.45, 2.75) is 13.0 Å². The van der Waals surface area contributed by atoms with Crippen LogP contribution in [0.3, 0.4) is 0 Å². The largest absolute Gasteiger partial charge is 0.479 e. The Kier molecular flexibility index (Phi) is 3.10. The van der Waals surface area contributed by atoms with Crippen molar-refractivity contribution in [2.24, 2.45) is 0 Å². The fourth-order valence-electron chi connectivity index (χ4n) is 1.50. The molecule has 0 amide bonds. The van der Waals surface area contributed by atoms with Gasteiger partial charge in [0.1, 0.15) is 17.1 Å². The smallest absolute Gasteiger partial charge is 0.344 e. The molecular formula is C12H9F2NO3. The fourth-order valence-corrected chi connectivity index (χ4v) is 1.50. The highest BCUT2D eigenvalue weighted by molar-refractivity contribution is 5.85. The maximum absolute atomic E-state index is 13.4. The van der Waals surface area contributed by atoms with E-state index in [1.807, 2.05) is 0 Å². The van der Waals surface area contributed by atoms with Gasteiger partial charge >= 0.3 is 5.97 Å². The van der Waals surface area contributed by atoms with Gasteiger partial charge in [0.2, 0.25) is 0 Å². The SMILES string of the molecule is CC(Oc1ccnc2c(F)cc(F)cc12)C(=O)O. The molecule has 1 atom stereocenters. The summed E-state index contributed by atoms with van der Waals surface area (Å²) >= 11 is 0. The number of benzene rings is 1. The molecule has 18 heavy (non-hydrogen) atoms. The lowest BCUT2D eigenvalue weighted by atomic mass is 10.2. The molecule has 0 spiro atoms. The van der Waals surface area contributed by atoms with Crippen molar-refractivity contribution in [3.8, 4) is 5.75 Å². The summed E-state index contributed by atoms with van der Waals surface area (Å²) in [6.45, 7) is 1.32. The molecule has 0 bridgehead atoms. The van der Waals surface area contributed by atoms with Crippen LogP contribution < -0.4 is 4.74 Å². The number of hydrogen-bond donors (Lipinski definition) is 1. The summed E-state index contributed by atoms with van der Waals surface area (Å²) in [6.07, 6.45) is 0.148. The normalized spacial score (nSPS) is 12.4. The summed E-state index contributed by atoms with van der Waals surface area (Å²) in [5, 5.41) is 8.84. The van der Waals surface area contributed by atoms with Crippen LogP contribution >= 0.6 is 0 Å². The van der Waals surface area contributed by atoms with Crippen LogP contribution in [-0.2, 0) is 4.79 Å². The first-order chi connectivity index (χ1) is 8.49. The van der Waals surface area contributed by atoms with E-state index in [0.29, 0.717) is 6.07 Å². The minimum absolute atomic E-state index is 0.0634. The number of carboxylic acids is 1. The van der Waals surface area contributed by atoms with Crippen LogP contribution in [0.4, 0.5) is 8.78 Å². The maximum Gasteiger partial charge on any atom is 0.344 e. The number of nitrogens with zero attached hydrogens (tertiary/aromatic N) is 1. The maximum atomic E-state index is 13.4. The molecular weight excluding hydrogens is 244 g/mol. The molecule has 4 nitrogen and oxygen atoms in total. The first-order valence-electron chi connectivity index (χ1n) is 5.12. The predicted molar refractivity (Wildman–Crippen MR) is 59.4 cm³/mol. The zero-order valence-corrected chi connectivity index (χ0v) is 9.35. The lowest BCUT2D eigenvalue weighted by molar-refractivity contribution is -0.144. The summed E-state index contributed by atoms with van der Waals surface area (Å²) in [7, 11) is 0. The Bertz CT molecular complexity index is 616. The second-order valence-corrected chi connectivity index (χ2v) is 3.69. The Balaban J connectivity index is 2.54. The number of aliphatic carboxylic acids is 1. The van der Waals surface area contributed by atoms with Gasteiger partial charge < -0.3 is 9.84 Å². The highest BCUT2D eigenvalue weighted by atomic mass is 19.1. The average Bonchev–Trinajstić information content (AvgIpc) is 2.29. The Morgan fingerprint density at radius 1 is 1.44 bits per heavy atom. The number of pyridine rings is 1. The van der Waals surface area contributed by atoms with Crippen molar-refractivity contribution in [3.63, 3.8) is 0 Å². The van der Waals surface area contributed by atoms with E-state index in [1.54, 1.807) is 0 Å². The standard InChI is InChI=1S/C12H9F2NO3/c1-6(12(16)17)18-10-2-3-15-11-8(10)4-7(13)5-9(11)14/h2-6H,1H3,(H,16,17). The van der Waals surface area contributed by atoms with Gasteiger partial charge in [0.25, 0.3) is 0 Å². The van der Waals surface area contributed by atoms with Crippen molar-refractivity contribution in [1.29, 1.82) is 0 Å². The van der Waals surface area contributed by atoms with Crippen molar-refractivity contribution < 1.29 is 23.4 Å². The molecule has 2 aromatic rings. The van der Waals surface area contributed by atoms with E-state index in [9.17, 15) is 13.6 Å². The molecule has 6 heteroatoms. The van der Waals surface area contributed by atoms with E-state index in [2.05, 4.69) is 4.98 Å². The number of hydrogen-bond acceptors (Lipinski definition) is 3. The number of halogens is 2. The highest BCUT2D eigenvalue weighted by Crippen LogP contribution is 2.27. The lowest BCUT2D eigenvalue weighted by Gasteiger charge is -2.12. The number of rotatable bonds is 3. The monoisotopic (exact) mass is 253 g/mol. The van der Waals surface area contributed by atoms with Gasteiger partial charge in [0.15, 0.2) is 11.9 Å². The van der Waals surface area contributed by atoms with Gasteiger partial charge in [-0.3, -0.25) is 4.98 Å². The topological polar surface area (TPSA) is 59.4 Å². The molecule has 0 radical (unpaired) electrons. The first-order valence-corrected chi connectivity index (χ1v) is 5.12. The summed E-state index contributed by atoms with van der Waals surface area (Å²) in [5.41, 5.74) is -0.0634. The third kappa shape index (κ3) is 2.22. The van der Waals surface area contributed by atoms with Crippen molar-refractivity contribution >= 4 is 16.9 Å². The van der Waals surface area contributed by atoms with Crippen LogP contribution in [0.15, 0.2) is 24.4 Å². The van der Waals surface area contributed by atoms with E-state index >= 15 is 0 Å². The summed E-state index contributed by atoms with van der Waals surface area (Å²) in [4.78, 5) is 14.5. The lowest BCUT2D eigenvalue weighted by Crippen LogP contribution is -2.23. The van der Waals surface area contributed by atoms with E-state index < -0.39 is 23.7 Å². The van der Waals surface area contributed by atoms with Crippen molar-refractivity contribution in [3.05, 3.63) is 36.0 Å². The molecule has 0 aliphatic carbocycles. The van der Waals surface area contributed by atoms with Crippen LogP contribution in [0.25, 0.3) is 10.9 Å². The number of carbonyl (C=O) groups is 1. The molecule has 1 unspecified atom stereocenters. The predicted octanol–water partition coefficient (Wildman–Crippen LogP) is 2.36. The van der Waals surface area contributed by atoms with Gasteiger partial charge in [-0.25, -0.2) is 13.6 Å². The van der Waals surface area contributed by atoms with Crippen molar-refractivity contribution in [2.75, 3.05) is 0 Å². The number of fused-ring (bicyclic) bond motifs is 1. The summed E-state index contributed by atoms with van der Waals surface area (Å²) < 4.78 is 31.7. The third-order valence-electron chi connectivity index (χ3n) is 2.37. The molecule has 0 saturated heterocycles. The molecule has 2 rings (SSSR count). The van der Waals surface area contributed by atoms with Gasteiger partial charge in [-0.15, -0.1) is 0 Å². The van der Waals surface area contributed by atoms with E-state index in [-0.39, 0.29) is 16.7 Å². The highest BCUT2D eigenvalue weighted by Gasteiger charge is 2.16. The molecule has 94 valence electrons. The van der Waals surface area contributed by atoms with E-state index in [1.165, 1.54) is 19.2 Å². The minimum Gasteiger partial charge on any atom is -0.479 e. The molecule has 0 fully saturated rings. The Hall–Kier alpha value is -2.24. The summed E-state index contributed by atoms with van der Waals surface area (Å²) in [6, 6.07) is 3.12. The van der Waals surface area contributed by atoms with E-state index in [0.717, 1.165) is 6.07 Å². The minimum atomic E-state index is -1.17. The first kappa shape index (κ1) is 12.2. The van der Waals surface area contributed by atoms with Crippen LogP contribution in [0.5, 0.6) is 5.75 Å². The molecule has 0 aliphatic heterocycles. The summed E-state index contributed by atoms with van der Waals surface area (Å²) in [5.74, 6) is -2.69. The molecule has 1 N–H and O–H groups in total.